The monoisotopic (exact) mass is 358 g/mol. The fourth-order valence-electron chi connectivity index (χ4n) is 3.38. The van der Waals surface area contributed by atoms with Crippen molar-refractivity contribution < 1.29 is 18.4 Å². The van der Waals surface area contributed by atoms with Crippen molar-refractivity contribution in [3.8, 4) is 0 Å². The highest BCUT2D eigenvalue weighted by atomic mass is 19.1. The average Bonchev–Trinajstić information content (AvgIpc) is 3.34. The lowest BCUT2D eigenvalue weighted by Gasteiger charge is -2.20. The van der Waals surface area contributed by atoms with E-state index in [-0.39, 0.29) is 30.3 Å². The number of ether oxygens (including phenoxy) is 1. The molecule has 7 nitrogen and oxygen atoms in total. The average molecular weight is 358 g/mol. The molecule has 1 aromatic carbocycles. The van der Waals surface area contributed by atoms with Crippen LogP contribution in [0.3, 0.4) is 0 Å². The van der Waals surface area contributed by atoms with Gasteiger partial charge in [-0.25, -0.2) is 4.39 Å². The maximum Gasteiger partial charge on any atom is 0.226 e. The Kier molecular flexibility index (Phi) is 4.42. The molecule has 1 saturated heterocycles. The van der Waals surface area contributed by atoms with Crippen LogP contribution in [0.25, 0.3) is 11.0 Å². The van der Waals surface area contributed by atoms with E-state index >= 15 is 0 Å². The molecule has 2 atom stereocenters. The van der Waals surface area contributed by atoms with Crippen molar-refractivity contribution in [3.63, 3.8) is 0 Å². The van der Waals surface area contributed by atoms with Gasteiger partial charge in [-0.15, -0.1) is 0 Å². The van der Waals surface area contributed by atoms with Crippen LogP contribution in [0.2, 0.25) is 0 Å². The molecule has 8 heteroatoms. The number of aromatic nitrogens is 3. The van der Waals surface area contributed by atoms with Gasteiger partial charge in [-0.2, -0.15) is 5.10 Å². The second-order valence-corrected chi connectivity index (χ2v) is 6.27. The van der Waals surface area contributed by atoms with E-state index in [2.05, 4.69) is 15.6 Å². The lowest BCUT2D eigenvalue weighted by atomic mass is 10.1. The van der Waals surface area contributed by atoms with E-state index < -0.39 is 0 Å². The third kappa shape index (κ3) is 3.08. The Balaban J connectivity index is 1.48. The molecule has 0 saturated carbocycles. The number of fused-ring (bicyclic) bond motifs is 1. The number of nitrogens with one attached hydrogen (secondary N) is 1. The summed E-state index contributed by atoms with van der Waals surface area (Å²) in [6.07, 6.45) is 2.25. The second kappa shape index (κ2) is 6.87. The smallest absolute Gasteiger partial charge is 0.226 e. The summed E-state index contributed by atoms with van der Waals surface area (Å²) in [6, 6.07) is 5.91. The van der Waals surface area contributed by atoms with Gasteiger partial charge in [0.15, 0.2) is 5.58 Å². The summed E-state index contributed by atoms with van der Waals surface area (Å²) in [6.45, 7) is 3.32. The molecule has 3 heterocycles. The van der Waals surface area contributed by atoms with Crippen molar-refractivity contribution in [1.82, 2.24) is 20.3 Å². The van der Waals surface area contributed by atoms with Crippen molar-refractivity contribution in [3.05, 3.63) is 47.7 Å². The van der Waals surface area contributed by atoms with Crippen LogP contribution >= 0.6 is 0 Å². The molecule has 4 rings (SSSR count). The first-order chi connectivity index (χ1) is 12.7. The molecule has 136 valence electrons. The summed E-state index contributed by atoms with van der Waals surface area (Å²) < 4.78 is 26.3. The van der Waals surface area contributed by atoms with Gasteiger partial charge < -0.3 is 14.6 Å². The fourth-order valence-corrected chi connectivity index (χ4v) is 3.38. The largest absolute Gasteiger partial charge is 0.370 e. The zero-order chi connectivity index (χ0) is 18.1. The molecule has 1 fully saturated rings. The van der Waals surface area contributed by atoms with Crippen LogP contribution in [0, 0.1) is 5.82 Å². The SMILES string of the molecule is CCn1nccc1[C@H]1OCC[C@@H]1NC(=O)Cc1noc2ccc(F)cc12. The normalized spacial score (nSPS) is 19.9. The number of rotatable bonds is 5. The zero-order valence-corrected chi connectivity index (χ0v) is 14.3. The van der Waals surface area contributed by atoms with Gasteiger partial charge in [0.1, 0.15) is 17.6 Å². The molecule has 2 aromatic heterocycles. The standard InChI is InChI=1S/C18H19FN4O3/c1-2-23-15(5-7-20-23)18-13(6-8-25-18)21-17(24)10-14-12-9-11(19)3-4-16(12)26-22-14/h3-5,7,9,13,18H,2,6,8,10H2,1H3,(H,21,24)/t13-,18-/m0/s1. The first-order valence-electron chi connectivity index (χ1n) is 8.62. The molecular formula is C18H19FN4O3. The molecule has 26 heavy (non-hydrogen) atoms. The van der Waals surface area contributed by atoms with Crippen LogP contribution in [0.1, 0.15) is 30.8 Å². The highest BCUT2D eigenvalue weighted by Gasteiger charge is 2.33. The minimum atomic E-state index is -0.389. The van der Waals surface area contributed by atoms with Crippen molar-refractivity contribution >= 4 is 16.9 Å². The Morgan fingerprint density at radius 1 is 1.42 bits per heavy atom. The molecular weight excluding hydrogens is 339 g/mol. The number of carbonyl (C=O) groups excluding carboxylic acids is 1. The lowest BCUT2D eigenvalue weighted by molar-refractivity contribution is -0.121. The van der Waals surface area contributed by atoms with Crippen LogP contribution in [-0.2, 0) is 22.5 Å². The van der Waals surface area contributed by atoms with Gasteiger partial charge in [0, 0.05) is 24.7 Å². The number of hydrogen-bond acceptors (Lipinski definition) is 5. The number of halogens is 1. The maximum atomic E-state index is 13.4. The Morgan fingerprint density at radius 2 is 2.31 bits per heavy atom. The van der Waals surface area contributed by atoms with Crippen LogP contribution in [0.5, 0.6) is 0 Å². The second-order valence-electron chi connectivity index (χ2n) is 6.27. The van der Waals surface area contributed by atoms with Crippen LogP contribution < -0.4 is 5.32 Å². The molecule has 1 amide bonds. The number of aryl methyl sites for hydroxylation is 1. The molecule has 0 aliphatic carbocycles. The predicted octanol–water partition coefficient (Wildman–Crippen LogP) is 2.37. The minimum absolute atomic E-state index is 0.0205. The molecule has 1 aliphatic rings. The van der Waals surface area contributed by atoms with Gasteiger partial charge in [-0.05, 0) is 37.6 Å². The van der Waals surface area contributed by atoms with Gasteiger partial charge in [0.25, 0.3) is 0 Å². The molecule has 3 aromatic rings. The molecule has 0 unspecified atom stereocenters. The molecule has 0 bridgehead atoms. The predicted molar refractivity (Wildman–Crippen MR) is 90.8 cm³/mol. The van der Waals surface area contributed by atoms with Crippen LogP contribution in [0.4, 0.5) is 4.39 Å². The highest BCUT2D eigenvalue weighted by molar-refractivity contribution is 5.86. The Bertz CT molecular complexity index is 936. The quantitative estimate of drug-likeness (QED) is 0.757. The summed E-state index contributed by atoms with van der Waals surface area (Å²) in [5.41, 5.74) is 1.83. The van der Waals surface area contributed by atoms with Gasteiger partial charge in [0.05, 0.1) is 18.2 Å². The number of hydrogen-bond donors (Lipinski definition) is 1. The maximum absolute atomic E-state index is 13.4. The first kappa shape index (κ1) is 16.7. The fraction of sp³-hybridized carbons (Fsp3) is 0.389. The zero-order valence-electron chi connectivity index (χ0n) is 14.3. The Hall–Kier alpha value is -2.74. The van der Waals surface area contributed by atoms with Crippen molar-refractivity contribution in [2.24, 2.45) is 0 Å². The number of benzene rings is 1. The van der Waals surface area contributed by atoms with Gasteiger partial charge in [-0.1, -0.05) is 5.16 Å². The van der Waals surface area contributed by atoms with E-state index in [1.807, 2.05) is 17.7 Å². The topological polar surface area (TPSA) is 82.2 Å². The molecule has 1 N–H and O–H groups in total. The summed E-state index contributed by atoms with van der Waals surface area (Å²) >= 11 is 0. The van der Waals surface area contributed by atoms with Crippen LogP contribution in [0.15, 0.2) is 35.0 Å². The van der Waals surface area contributed by atoms with E-state index in [9.17, 15) is 9.18 Å². The van der Waals surface area contributed by atoms with E-state index in [4.69, 9.17) is 9.26 Å². The van der Waals surface area contributed by atoms with E-state index in [0.29, 0.717) is 23.3 Å². The minimum Gasteiger partial charge on any atom is -0.370 e. The Morgan fingerprint density at radius 3 is 3.15 bits per heavy atom. The van der Waals surface area contributed by atoms with Crippen LogP contribution in [-0.4, -0.2) is 33.5 Å². The molecule has 0 spiro atoms. The van der Waals surface area contributed by atoms with Crippen molar-refractivity contribution in [2.45, 2.75) is 38.5 Å². The third-order valence-corrected chi connectivity index (χ3v) is 4.61. The summed E-state index contributed by atoms with van der Waals surface area (Å²) in [5.74, 6) is -0.591. The van der Waals surface area contributed by atoms with Gasteiger partial charge >= 0.3 is 0 Å². The lowest BCUT2D eigenvalue weighted by Crippen LogP contribution is -2.38. The van der Waals surface area contributed by atoms with E-state index in [1.165, 1.54) is 18.2 Å². The van der Waals surface area contributed by atoms with E-state index in [1.54, 1.807) is 6.20 Å². The summed E-state index contributed by atoms with van der Waals surface area (Å²) in [4.78, 5) is 12.5. The Labute approximate surface area is 149 Å². The van der Waals surface area contributed by atoms with Gasteiger partial charge in [-0.3, -0.25) is 9.48 Å². The summed E-state index contributed by atoms with van der Waals surface area (Å²) in [7, 11) is 0. The number of nitrogens with zero attached hydrogens (tertiary/aromatic N) is 3. The third-order valence-electron chi connectivity index (χ3n) is 4.61. The van der Waals surface area contributed by atoms with E-state index in [0.717, 1.165) is 18.7 Å². The van der Waals surface area contributed by atoms with Crippen molar-refractivity contribution in [1.29, 1.82) is 0 Å². The number of carbonyl (C=O) groups is 1. The highest BCUT2D eigenvalue weighted by Crippen LogP contribution is 2.29. The summed E-state index contributed by atoms with van der Waals surface area (Å²) in [5, 5.41) is 11.7. The van der Waals surface area contributed by atoms with Gasteiger partial charge in [0.2, 0.25) is 5.91 Å². The van der Waals surface area contributed by atoms with Crippen molar-refractivity contribution in [2.75, 3.05) is 6.61 Å². The molecule has 1 aliphatic heterocycles. The number of amides is 1. The first-order valence-corrected chi connectivity index (χ1v) is 8.62. The molecule has 0 radical (unpaired) electrons.